The number of benzene rings is 8. The Morgan fingerprint density at radius 2 is 1.11 bits per heavy atom. The van der Waals surface area contributed by atoms with Crippen molar-refractivity contribution in [3.8, 4) is 28.0 Å². The molecule has 1 heteroatoms. The minimum Gasteiger partial charge on any atom is -0.485 e. The summed E-state index contributed by atoms with van der Waals surface area (Å²) in [6, 6.07) is 49.4. The minimum atomic E-state index is 0.0677. The van der Waals surface area contributed by atoms with E-state index < -0.39 is 0 Å². The Labute approximate surface area is 261 Å². The van der Waals surface area contributed by atoms with E-state index in [4.69, 9.17) is 4.74 Å². The lowest BCUT2D eigenvalue weighted by molar-refractivity contribution is 0.269. The van der Waals surface area contributed by atoms with Crippen molar-refractivity contribution in [3.63, 3.8) is 0 Å². The van der Waals surface area contributed by atoms with Gasteiger partial charge in [-0.25, -0.2) is 0 Å². The molecule has 0 radical (unpaired) electrons. The third-order valence-corrected chi connectivity index (χ3v) is 9.96. The Kier molecular flexibility index (Phi) is 5.18. The van der Waals surface area contributed by atoms with Gasteiger partial charge in [-0.2, -0.15) is 0 Å². The highest BCUT2D eigenvalue weighted by molar-refractivity contribution is 6.30. The molecule has 1 nitrogen and oxygen atoms in total. The number of allylic oxidation sites excluding steroid dienone is 2. The lowest BCUT2D eigenvalue weighted by atomic mass is 9.81. The van der Waals surface area contributed by atoms with Gasteiger partial charge in [-0.3, -0.25) is 0 Å². The maximum Gasteiger partial charge on any atom is 0.128 e. The van der Waals surface area contributed by atoms with Crippen molar-refractivity contribution in [1.82, 2.24) is 0 Å². The molecule has 0 saturated carbocycles. The highest BCUT2D eigenvalue weighted by Gasteiger charge is 2.32. The van der Waals surface area contributed by atoms with Crippen LogP contribution in [0.1, 0.15) is 11.5 Å². The van der Waals surface area contributed by atoms with Gasteiger partial charge in [-0.05, 0) is 100 Å². The van der Waals surface area contributed by atoms with E-state index >= 15 is 0 Å². The second kappa shape index (κ2) is 9.42. The van der Waals surface area contributed by atoms with E-state index in [0.29, 0.717) is 0 Å². The van der Waals surface area contributed by atoms with E-state index in [1.54, 1.807) is 0 Å². The van der Waals surface area contributed by atoms with Crippen molar-refractivity contribution in [2.24, 2.45) is 0 Å². The predicted molar refractivity (Wildman–Crippen MR) is 190 cm³/mol. The van der Waals surface area contributed by atoms with Gasteiger partial charge in [0, 0.05) is 11.5 Å². The second-order valence-electron chi connectivity index (χ2n) is 12.3. The van der Waals surface area contributed by atoms with Gasteiger partial charge in [0.1, 0.15) is 11.9 Å². The van der Waals surface area contributed by atoms with Crippen LogP contribution >= 0.6 is 0 Å². The average Bonchev–Trinajstić information content (AvgIpc) is 3.48. The lowest BCUT2D eigenvalue weighted by Gasteiger charge is -2.21. The molecule has 0 amide bonds. The highest BCUT2D eigenvalue weighted by atomic mass is 16.5. The van der Waals surface area contributed by atoms with E-state index in [-0.39, 0.29) is 12.0 Å². The molecule has 210 valence electrons. The van der Waals surface area contributed by atoms with Crippen LogP contribution in [0.2, 0.25) is 0 Å². The lowest BCUT2D eigenvalue weighted by Crippen LogP contribution is -2.15. The van der Waals surface area contributed by atoms with Crippen molar-refractivity contribution in [1.29, 1.82) is 0 Å². The summed E-state index contributed by atoms with van der Waals surface area (Å²) in [6.45, 7) is 0. The molecular formula is C44H28O. The highest BCUT2D eigenvalue weighted by Crippen LogP contribution is 2.50. The molecule has 2 atom stereocenters. The molecule has 10 rings (SSSR count). The molecule has 0 aromatic heterocycles. The molecule has 45 heavy (non-hydrogen) atoms. The van der Waals surface area contributed by atoms with Gasteiger partial charge < -0.3 is 4.74 Å². The molecule has 8 aromatic carbocycles. The standard InChI is InChI=1S/C44H28O/c1-4-14-31-27(11-1)21-23-37-43(39-25-28-12-2-3-13-30(28)32-15-5-6-16-33(32)39)36-19-8-7-18-35(36)42(44(31)37)29-22-24-41-38(26-29)34-17-9-10-20-40(34)45-41/h1-26,34,40H. The third-order valence-electron chi connectivity index (χ3n) is 9.96. The van der Waals surface area contributed by atoms with E-state index in [9.17, 15) is 0 Å². The van der Waals surface area contributed by atoms with Gasteiger partial charge >= 0.3 is 0 Å². The molecule has 0 spiro atoms. The summed E-state index contributed by atoms with van der Waals surface area (Å²) in [4.78, 5) is 0. The van der Waals surface area contributed by atoms with Crippen LogP contribution in [-0.4, -0.2) is 6.10 Å². The smallest absolute Gasteiger partial charge is 0.128 e. The van der Waals surface area contributed by atoms with Crippen LogP contribution in [-0.2, 0) is 0 Å². The third kappa shape index (κ3) is 3.56. The predicted octanol–water partition coefficient (Wildman–Crippen LogP) is 11.8. The second-order valence-corrected chi connectivity index (χ2v) is 12.3. The van der Waals surface area contributed by atoms with E-state index in [0.717, 1.165) is 5.75 Å². The molecular weight excluding hydrogens is 544 g/mol. The van der Waals surface area contributed by atoms with Gasteiger partial charge in [0.15, 0.2) is 0 Å². The molecule has 2 unspecified atom stereocenters. The molecule has 0 N–H and O–H groups in total. The maximum absolute atomic E-state index is 6.36. The molecule has 0 bridgehead atoms. The van der Waals surface area contributed by atoms with Crippen LogP contribution in [0.25, 0.3) is 76.1 Å². The van der Waals surface area contributed by atoms with Gasteiger partial charge in [0.25, 0.3) is 0 Å². The fourth-order valence-corrected chi connectivity index (χ4v) is 8.00. The summed E-state index contributed by atoms with van der Waals surface area (Å²) in [6.07, 6.45) is 8.76. The van der Waals surface area contributed by atoms with Crippen LogP contribution in [0.5, 0.6) is 5.75 Å². The zero-order chi connectivity index (χ0) is 29.5. The first kappa shape index (κ1) is 24.7. The van der Waals surface area contributed by atoms with Crippen LogP contribution in [0.15, 0.2) is 158 Å². The van der Waals surface area contributed by atoms with Crippen LogP contribution in [0.4, 0.5) is 0 Å². The van der Waals surface area contributed by atoms with Gasteiger partial charge in [0.05, 0.1) is 0 Å². The Morgan fingerprint density at radius 1 is 0.444 bits per heavy atom. The quantitative estimate of drug-likeness (QED) is 0.148. The van der Waals surface area contributed by atoms with E-state index in [1.807, 2.05) is 0 Å². The summed E-state index contributed by atoms with van der Waals surface area (Å²) >= 11 is 0. The Bertz CT molecular complexity index is 2580. The first-order valence-corrected chi connectivity index (χ1v) is 15.8. The van der Waals surface area contributed by atoms with Gasteiger partial charge in [-0.1, -0.05) is 133 Å². The fourth-order valence-electron chi connectivity index (χ4n) is 8.00. The Hall–Kier alpha value is -5.66. The Balaban J connectivity index is 1.38. The summed E-state index contributed by atoms with van der Waals surface area (Å²) in [5.41, 5.74) is 6.35. The summed E-state index contributed by atoms with van der Waals surface area (Å²) in [7, 11) is 0. The zero-order valence-electron chi connectivity index (χ0n) is 24.6. The van der Waals surface area contributed by atoms with Crippen molar-refractivity contribution in [2.45, 2.75) is 12.0 Å². The summed E-state index contributed by atoms with van der Waals surface area (Å²) in [5.74, 6) is 1.23. The minimum absolute atomic E-state index is 0.0677. The van der Waals surface area contributed by atoms with E-state index in [2.05, 4.69) is 158 Å². The van der Waals surface area contributed by atoms with Gasteiger partial charge in [0.2, 0.25) is 0 Å². The zero-order valence-corrected chi connectivity index (χ0v) is 24.6. The molecule has 1 aliphatic heterocycles. The summed E-state index contributed by atoms with van der Waals surface area (Å²) < 4.78 is 6.36. The number of hydrogen-bond donors (Lipinski definition) is 0. The average molecular weight is 573 g/mol. The maximum atomic E-state index is 6.36. The molecule has 0 fully saturated rings. The normalized spacial score (nSPS) is 16.9. The van der Waals surface area contributed by atoms with E-state index in [1.165, 1.54) is 81.7 Å². The van der Waals surface area contributed by atoms with Crippen molar-refractivity contribution in [3.05, 3.63) is 163 Å². The topological polar surface area (TPSA) is 9.23 Å². The first-order valence-electron chi connectivity index (χ1n) is 15.8. The van der Waals surface area contributed by atoms with Gasteiger partial charge in [-0.15, -0.1) is 0 Å². The van der Waals surface area contributed by atoms with Crippen LogP contribution < -0.4 is 4.74 Å². The fraction of sp³-hybridized carbons (Fsp3) is 0.0455. The van der Waals surface area contributed by atoms with Crippen LogP contribution in [0, 0.1) is 0 Å². The molecule has 8 aromatic rings. The van der Waals surface area contributed by atoms with Crippen molar-refractivity contribution < 1.29 is 4.74 Å². The number of ether oxygens (including phenoxy) is 1. The number of fused-ring (bicyclic) bond motifs is 10. The molecule has 0 saturated heterocycles. The van der Waals surface area contributed by atoms with Crippen molar-refractivity contribution >= 4 is 53.9 Å². The number of rotatable bonds is 2. The molecule has 2 aliphatic rings. The molecule has 1 heterocycles. The summed E-state index contributed by atoms with van der Waals surface area (Å²) in [5, 5.41) is 12.8. The molecule has 1 aliphatic carbocycles. The van der Waals surface area contributed by atoms with Crippen LogP contribution in [0.3, 0.4) is 0 Å². The SMILES string of the molecule is C1=CC2Oc3ccc(-c4c5ccccc5c(-c5cc6ccccc6c6ccccc56)c5ccc6ccccc6c45)cc3C2C=C1. The number of hydrogen-bond acceptors (Lipinski definition) is 1. The first-order chi connectivity index (χ1) is 22.3. The Morgan fingerprint density at radius 3 is 1.96 bits per heavy atom. The van der Waals surface area contributed by atoms with Crippen molar-refractivity contribution in [2.75, 3.05) is 0 Å². The monoisotopic (exact) mass is 572 g/mol. The largest absolute Gasteiger partial charge is 0.485 e.